The molecule has 0 aromatic rings. The number of carbonyl (C=O) groups excluding carboxylic acids is 4. The molecule has 0 aromatic carbocycles. The summed E-state index contributed by atoms with van der Waals surface area (Å²) in [7, 11) is -9.78. The third kappa shape index (κ3) is 34.6. The highest BCUT2D eigenvalue weighted by atomic mass is 31.2. The number of phosphoric acid groups is 2. The van der Waals surface area contributed by atoms with Crippen molar-refractivity contribution >= 4 is 39.5 Å². The van der Waals surface area contributed by atoms with Gasteiger partial charge in [0, 0.05) is 25.7 Å². The first kappa shape index (κ1) is 55.1. The second kappa shape index (κ2) is 34.9. The van der Waals surface area contributed by atoms with Crippen LogP contribution in [0.4, 0.5) is 0 Å². The SMILES string of the molecule is CCCCCCCCCCC(=O)OC[C@H](COP(=O)(O)OC[C@H](O)COP(=O)(O)OC[C@@H](COC(=O)CCCC)OC(=O)CCCC)OC(=O)CCCCCCC. The average Bonchev–Trinajstić information content (AvgIpc) is 3.17. The van der Waals surface area contributed by atoms with Gasteiger partial charge in [-0.1, -0.05) is 111 Å². The number of aliphatic hydroxyl groups is 1. The summed E-state index contributed by atoms with van der Waals surface area (Å²) in [5.41, 5.74) is 0. The molecule has 3 N–H and O–H groups in total. The van der Waals surface area contributed by atoms with E-state index in [1.165, 1.54) is 19.3 Å². The van der Waals surface area contributed by atoms with Gasteiger partial charge in [0.1, 0.15) is 19.3 Å². The Bertz CT molecular complexity index is 1170. The fourth-order valence-electron chi connectivity index (χ4n) is 4.99. The van der Waals surface area contributed by atoms with Crippen LogP contribution in [0.1, 0.15) is 163 Å². The zero-order valence-electron chi connectivity index (χ0n) is 34.8. The van der Waals surface area contributed by atoms with Gasteiger partial charge in [-0.2, -0.15) is 0 Å². The van der Waals surface area contributed by atoms with E-state index in [1.807, 2.05) is 13.8 Å². The monoisotopic (exact) mass is 862 g/mol. The lowest BCUT2D eigenvalue weighted by molar-refractivity contribution is -0.161. The summed E-state index contributed by atoms with van der Waals surface area (Å²) in [5.74, 6) is -2.26. The summed E-state index contributed by atoms with van der Waals surface area (Å²) in [6.07, 6.45) is 11.8. The van der Waals surface area contributed by atoms with E-state index < -0.39 is 97.5 Å². The number of ether oxygens (including phenoxy) is 4. The van der Waals surface area contributed by atoms with Gasteiger partial charge < -0.3 is 33.8 Å². The minimum Gasteiger partial charge on any atom is -0.462 e. The molecule has 0 aliphatic heterocycles. The predicted molar refractivity (Wildman–Crippen MR) is 211 cm³/mol. The van der Waals surface area contributed by atoms with Gasteiger partial charge >= 0.3 is 39.5 Å². The molecule has 2 unspecified atom stereocenters. The highest BCUT2D eigenvalue weighted by Gasteiger charge is 2.30. The molecule has 0 aliphatic rings. The van der Waals surface area contributed by atoms with E-state index in [1.54, 1.807) is 0 Å². The standard InChI is InChI=1S/C38H72O17P2/c1-5-9-13-15-16-17-19-20-24-36(41)49-29-34(55-38(43)25-21-18-14-10-6-2)31-53-57(46,47)51-27-32(39)26-50-56(44,45)52-30-33(54-37(42)23-12-8-4)28-48-35(40)22-11-7-3/h32-34,39H,5-31H2,1-4H3,(H,44,45)(H,46,47)/t32-,33-,34-/m1/s1. The van der Waals surface area contributed by atoms with Crippen LogP contribution in [0.2, 0.25) is 0 Å². The minimum absolute atomic E-state index is 0.0759. The topological polar surface area (TPSA) is 237 Å². The molecule has 0 saturated carbocycles. The average molecular weight is 863 g/mol. The third-order valence-electron chi connectivity index (χ3n) is 8.35. The van der Waals surface area contributed by atoms with E-state index >= 15 is 0 Å². The second-order valence-electron chi connectivity index (χ2n) is 14.0. The molecule has 0 radical (unpaired) electrons. The van der Waals surface area contributed by atoms with Crippen molar-refractivity contribution in [3.05, 3.63) is 0 Å². The molecule has 0 saturated heterocycles. The zero-order chi connectivity index (χ0) is 42.8. The van der Waals surface area contributed by atoms with E-state index in [2.05, 4.69) is 13.8 Å². The van der Waals surface area contributed by atoms with Crippen LogP contribution in [0.15, 0.2) is 0 Å². The Morgan fingerprint density at radius 3 is 1.11 bits per heavy atom. The van der Waals surface area contributed by atoms with Gasteiger partial charge in [-0.05, 0) is 25.7 Å². The number of aliphatic hydroxyl groups excluding tert-OH is 1. The lowest BCUT2D eigenvalue weighted by Crippen LogP contribution is -2.30. The summed E-state index contributed by atoms with van der Waals surface area (Å²) in [5, 5.41) is 10.2. The molecule has 0 aliphatic carbocycles. The van der Waals surface area contributed by atoms with Crippen molar-refractivity contribution in [3.8, 4) is 0 Å². The summed E-state index contributed by atoms with van der Waals surface area (Å²) in [6, 6.07) is 0. The second-order valence-corrected chi connectivity index (χ2v) is 16.9. The Balaban J connectivity index is 5.01. The molecule has 5 atom stereocenters. The highest BCUT2D eigenvalue weighted by molar-refractivity contribution is 7.47. The maximum Gasteiger partial charge on any atom is 0.472 e. The van der Waals surface area contributed by atoms with E-state index in [9.17, 15) is 43.2 Å². The molecular weight excluding hydrogens is 790 g/mol. The maximum absolute atomic E-state index is 12.6. The van der Waals surface area contributed by atoms with Crippen molar-refractivity contribution in [2.24, 2.45) is 0 Å². The first-order valence-electron chi connectivity index (χ1n) is 20.8. The number of hydrogen-bond acceptors (Lipinski definition) is 15. The van der Waals surface area contributed by atoms with Gasteiger partial charge in [-0.25, -0.2) is 9.13 Å². The van der Waals surface area contributed by atoms with Crippen LogP contribution < -0.4 is 0 Å². The number of phosphoric ester groups is 2. The predicted octanol–water partition coefficient (Wildman–Crippen LogP) is 7.80. The van der Waals surface area contributed by atoms with Crippen molar-refractivity contribution in [2.45, 2.75) is 181 Å². The summed E-state index contributed by atoms with van der Waals surface area (Å²) < 4.78 is 65.5. The molecule has 0 fully saturated rings. The summed E-state index contributed by atoms with van der Waals surface area (Å²) in [4.78, 5) is 69.3. The van der Waals surface area contributed by atoms with Crippen LogP contribution in [0.25, 0.3) is 0 Å². The van der Waals surface area contributed by atoms with Crippen molar-refractivity contribution in [1.29, 1.82) is 0 Å². The number of hydrogen-bond donors (Lipinski definition) is 3. The molecule has 0 heterocycles. The lowest BCUT2D eigenvalue weighted by atomic mass is 10.1. The summed E-state index contributed by atoms with van der Waals surface area (Å²) in [6.45, 7) is 4.01. The zero-order valence-corrected chi connectivity index (χ0v) is 36.6. The molecule has 57 heavy (non-hydrogen) atoms. The fraction of sp³-hybridized carbons (Fsp3) is 0.895. The first-order valence-corrected chi connectivity index (χ1v) is 23.8. The summed E-state index contributed by atoms with van der Waals surface area (Å²) >= 11 is 0. The van der Waals surface area contributed by atoms with Crippen LogP contribution >= 0.6 is 15.6 Å². The smallest absolute Gasteiger partial charge is 0.462 e. The highest BCUT2D eigenvalue weighted by Crippen LogP contribution is 2.45. The number of rotatable bonds is 39. The Morgan fingerprint density at radius 2 is 0.719 bits per heavy atom. The Hall–Kier alpha value is -1.94. The van der Waals surface area contributed by atoms with Gasteiger partial charge in [0.2, 0.25) is 0 Å². The Morgan fingerprint density at radius 1 is 0.421 bits per heavy atom. The van der Waals surface area contributed by atoms with E-state index in [4.69, 9.17) is 37.0 Å². The van der Waals surface area contributed by atoms with E-state index in [0.717, 1.165) is 64.2 Å². The molecule has 19 heteroatoms. The molecule has 0 rings (SSSR count). The van der Waals surface area contributed by atoms with E-state index in [0.29, 0.717) is 25.7 Å². The van der Waals surface area contributed by atoms with Crippen molar-refractivity contribution in [1.82, 2.24) is 0 Å². The third-order valence-corrected chi connectivity index (χ3v) is 10.3. The van der Waals surface area contributed by atoms with Crippen molar-refractivity contribution in [3.63, 3.8) is 0 Å². The largest absolute Gasteiger partial charge is 0.472 e. The number of esters is 4. The molecule has 0 spiro atoms. The van der Waals surface area contributed by atoms with Gasteiger partial charge in [-0.3, -0.25) is 37.3 Å². The number of carbonyl (C=O) groups is 4. The van der Waals surface area contributed by atoms with Gasteiger partial charge in [0.15, 0.2) is 12.2 Å². The van der Waals surface area contributed by atoms with E-state index in [-0.39, 0.29) is 25.7 Å². The van der Waals surface area contributed by atoms with Gasteiger partial charge in [0.05, 0.1) is 26.4 Å². The van der Waals surface area contributed by atoms with Gasteiger partial charge in [-0.15, -0.1) is 0 Å². The number of unbranched alkanes of at least 4 members (excludes halogenated alkanes) is 13. The lowest BCUT2D eigenvalue weighted by Gasteiger charge is -2.21. The fourth-order valence-corrected chi connectivity index (χ4v) is 6.57. The van der Waals surface area contributed by atoms with Crippen LogP contribution in [0.3, 0.4) is 0 Å². The molecule has 17 nitrogen and oxygen atoms in total. The molecular formula is C38H72O17P2. The molecule has 336 valence electrons. The van der Waals surface area contributed by atoms with Crippen LogP contribution in [0.5, 0.6) is 0 Å². The normalized spacial score (nSPS) is 15.1. The molecule has 0 aromatic heterocycles. The van der Waals surface area contributed by atoms with Crippen LogP contribution in [-0.2, 0) is 65.4 Å². The van der Waals surface area contributed by atoms with Crippen LogP contribution in [-0.4, -0.2) is 96.7 Å². The maximum atomic E-state index is 12.6. The Labute approximate surface area is 339 Å². The Kier molecular flexibility index (Phi) is 33.7. The van der Waals surface area contributed by atoms with Crippen molar-refractivity contribution < 1.29 is 80.2 Å². The van der Waals surface area contributed by atoms with Gasteiger partial charge in [0.25, 0.3) is 0 Å². The minimum atomic E-state index is -4.90. The molecule has 0 amide bonds. The quantitative estimate of drug-likeness (QED) is 0.0231. The van der Waals surface area contributed by atoms with Crippen molar-refractivity contribution in [2.75, 3.05) is 39.6 Å². The van der Waals surface area contributed by atoms with Crippen LogP contribution in [0, 0.1) is 0 Å². The first-order chi connectivity index (χ1) is 27.2. The molecule has 0 bridgehead atoms.